The third-order valence-electron chi connectivity index (χ3n) is 3.16. The number of hydrogen-bond acceptors (Lipinski definition) is 8. The van der Waals surface area contributed by atoms with Gasteiger partial charge in [-0.15, -0.1) is 0 Å². The van der Waals surface area contributed by atoms with E-state index in [0.717, 1.165) is 0 Å². The zero-order chi connectivity index (χ0) is 14.3. The Labute approximate surface area is 108 Å². The van der Waals surface area contributed by atoms with Crippen LogP contribution in [0.25, 0.3) is 11.2 Å². The second kappa shape index (κ2) is 4.38. The molecule has 0 aromatic carbocycles. The van der Waals surface area contributed by atoms with Crippen molar-refractivity contribution in [1.29, 1.82) is 1.43 Å². The lowest BCUT2D eigenvalue weighted by Gasteiger charge is -2.16. The lowest BCUT2D eigenvalue weighted by atomic mass is 10.1. The molecule has 3 heterocycles. The van der Waals surface area contributed by atoms with Crippen LogP contribution in [-0.2, 0) is 4.74 Å². The molecule has 1 aliphatic heterocycles. The molecule has 19 heavy (non-hydrogen) atoms. The van der Waals surface area contributed by atoms with Crippen molar-refractivity contribution in [2.45, 2.75) is 24.5 Å². The van der Waals surface area contributed by atoms with Crippen molar-refractivity contribution >= 4 is 17.0 Å². The largest absolute Gasteiger partial charge is 0.394 e. The number of nitrogens with two attached hydrogens (primary N) is 1. The maximum Gasteiger partial charge on any atom is 0.210 e. The molecule has 1 saturated heterocycles. The standard InChI is InChI=1S/C10H13N5O4/c11-8-5-9(13-2-12-8)15(3-14-5)10-7(18)6(17)4(1-16)19-10/h2-4,6-7,10,16-18H,1H2,(H2,11,12,13)/t4-,6-,7-,10-/m1/s1/i16T. The lowest BCUT2D eigenvalue weighted by molar-refractivity contribution is -0.0511. The van der Waals surface area contributed by atoms with E-state index in [0.29, 0.717) is 11.2 Å². The van der Waals surface area contributed by atoms with E-state index in [4.69, 9.17) is 11.9 Å². The minimum atomic E-state index is -1.19. The first-order valence-electron chi connectivity index (χ1n) is 6.07. The van der Waals surface area contributed by atoms with Crippen LogP contribution in [0.5, 0.6) is 0 Å². The quantitative estimate of drug-likeness (QED) is 0.502. The van der Waals surface area contributed by atoms with Gasteiger partial charge in [-0.3, -0.25) is 4.57 Å². The maximum atomic E-state index is 10.0. The number of fused-ring (bicyclic) bond motifs is 1. The normalized spacial score (nSPS) is 31.8. The molecule has 4 atom stereocenters. The van der Waals surface area contributed by atoms with E-state index in [2.05, 4.69) is 20.1 Å². The third-order valence-corrected chi connectivity index (χ3v) is 3.16. The van der Waals surface area contributed by atoms with Gasteiger partial charge in [-0.05, 0) is 0 Å². The Morgan fingerprint density at radius 1 is 1.37 bits per heavy atom. The van der Waals surface area contributed by atoms with Crippen LogP contribution in [-0.4, -0.2) is 61.2 Å². The molecule has 0 spiro atoms. The Hall–Kier alpha value is -1.81. The Balaban J connectivity index is 1.97. The molecular formula is C10H13N5O4. The second-order valence-corrected chi connectivity index (χ2v) is 4.30. The maximum absolute atomic E-state index is 10.0. The summed E-state index contributed by atoms with van der Waals surface area (Å²) < 4.78 is 13.7. The van der Waals surface area contributed by atoms with Gasteiger partial charge in [0.25, 0.3) is 0 Å². The summed E-state index contributed by atoms with van der Waals surface area (Å²) in [6, 6.07) is 0. The second-order valence-electron chi connectivity index (χ2n) is 4.30. The van der Waals surface area contributed by atoms with Gasteiger partial charge in [0.05, 0.1) is 12.9 Å². The number of nitrogen functional groups attached to an aromatic ring is 1. The van der Waals surface area contributed by atoms with Gasteiger partial charge >= 0.3 is 0 Å². The molecule has 3 rings (SSSR count). The first-order chi connectivity index (χ1) is 9.63. The Bertz CT molecular complexity index is 623. The molecule has 1 aliphatic rings. The molecule has 0 radical (unpaired) electrons. The summed E-state index contributed by atoms with van der Waals surface area (Å²) in [5.74, 6) is 0.216. The van der Waals surface area contributed by atoms with Crippen molar-refractivity contribution in [2.75, 3.05) is 12.3 Å². The smallest absolute Gasteiger partial charge is 0.210 e. The fourth-order valence-electron chi connectivity index (χ4n) is 2.15. The Kier molecular flexibility index (Phi) is 2.55. The summed E-state index contributed by atoms with van der Waals surface area (Å²) in [4.78, 5) is 11.9. The number of hydrogen-bond donors (Lipinski definition) is 4. The average Bonchev–Trinajstić information content (AvgIpc) is 2.97. The number of aromatic nitrogens is 4. The molecule has 0 aliphatic carbocycles. The fourth-order valence-corrected chi connectivity index (χ4v) is 2.15. The molecule has 102 valence electrons. The Morgan fingerprint density at radius 2 is 2.21 bits per heavy atom. The molecule has 5 N–H and O–H groups in total. The van der Waals surface area contributed by atoms with E-state index in [1.165, 1.54) is 17.2 Å². The molecule has 0 unspecified atom stereocenters. The highest BCUT2D eigenvalue weighted by molar-refractivity contribution is 5.81. The van der Waals surface area contributed by atoms with E-state index in [-0.39, 0.29) is 12.4 Å². The molecule has 2 aromatic heterocycles. The zero-order valence-corrected chi connectivity index (χ0v) is 9.75. The number of ether oxygens (including phenoxy) is 1. The summed E-state index contributed by atoms with van der Waals surface area (Å²) in [7, 11) is 0. The Morgan fingerprint density at radius 3 is 3.00 bits per heavy atom. The van der Waals surface area contributed by atoms with Gasteiger partial charge in [0.15, 0.2) is 17.7 Å². The summed E-state index contributed by atoms with van der Waals surface area (Å²) in [6.07, 6.45) is -1.36. The third kappa shape index (κ3) is 1.75. The molecule has 0 bridgehead atoms. The highest BCUT2D eigenvalue weighted by atomic mass is 16.6. The summed E-state index contributed by atoms with van der Waals surface area (Å²) >= 11 is 0. The molecule has 0 saturated carbocycles. The van der Waals surface area contributed by atoms with Crippen LogP contribution in [0.2, 0.25) is 0 Å². The monoisotopic (exact) mass is 269 g/mol. The highest BCUT2D eigenvalue weighted by Gasteiger charge is 2.43. The highest BCUT2D eigenvalue weighted by Crippen LogP contribution is 2.31. The molecule has 9 heteroatoms. The summed E-state index contributed by atoms with van der Waals surface area (Å²) in [6.45, 7) is -0.154. The van der Waals surface area contributed by atoms with Gasteiger partial charge in [0.2, 0.25) is 1.43 Å². The number of imidazole rings is 1. The van der Waals surface area contributed by atoms with Crippen molar-refractivity contribution in [3.8, 4) is 0 Å². The fraction of sp³-hybridized carbons (Fsp3) is 0.500. The SMILES string of the molecule is [3H]OC[C@H]1O[C@@H](n2cnc3c(N)ncnc32)[C@H](O)[C@@H]1O. The van der Waals surface area contributed by atoms with Gasteiger partial charge in [-0.25, -0.2) is 15.0 Å². The van der Waals surface area contributed by atoms with Gasteiger partial charge in [0.1, 0.15) is 30.2 Å². The average molecular weight is 269 g/mol. The van der Waals surface area contributed by atoms with Crippen LogP contribution in [0.3, 0.4) is 0 Å². The summed E-state index contributed by atoms with van der Waals surface area (Å²) in [5.41, 5.74) is 6.46. The van der Waals surface area contributed by atoms with Crippen LogP contribution in [0, 0.1) is 0 Å². The van der Waals surface area contributed by atoms with E-state index in [1.807, 2.05) is 0 Å². The van der Waals surface area contributed by atoms with Crippen LogP contribution in [0.15, 0.2) is 12.7 Å². The number of anilines is 1. The molecule has 0 amide bonds. The van der Waals surface area contributed by atoms with Gasteiger partial charge < -0.3 is 25.8 Å². The van der Waals surface area contributed by atoms with Crippen molar-refractivity contribution in [3.05, 3.63) is 12.7 Å². The van der Waals surface area contributed by atoms with E-state index < -0.39 is 24.5 Å². The van der Waals surface area contributed by atoms with Gasteiger partial charge in [-0.1, -0.05) is 0 Å². The van der Waals surface area contributed by atoms with E-state index in [1.54, 1.807) is 0 Å². The van der Waals surface area contributed by atoms with Crippen molar-refractivity contribution in [3.63, 3.8) is 0 Å². The van der Waals surface area contributed by atoms with E-state index >= 15 is 0 Å². The molecular weight excluding hydrogens is 254 g/mol. The van der Waals surface area contributed by atoms with Crippen LogP contribution in [0.1, 0.15) is 6.23 Å². The molecule has 1 fully saturated rings. The predicted molar refractivity (Wildman–Crippen MR) is 62.7 cm³/mol. The topological polar surface area (TPSA) is 140 Å². The number of aliphatic hydroxyl groups excluding tert-OH is 3. The van der Waals surface area contributed by atoms with Crippen LogP contribution >= 0.6 is 0 Å². The van der Waals surface area contributed by atoms with Crippen LogP contribution in [0.4, 0.5) is 5.82 Å². The van der Waals surface area contributed by atoms with Crippen LogP contribution < -0.4 is 5.73 Å². The minimum Gasteiger partial charge on any atom is -0.394 e. The van der Waals surface area contributed by atoms with Crippen molar-refractivity contribution in [2.24, 2.45) is 0 Å². The molecule has 2 aromatic rings. The predicted octanol–water partition coefficient (Wildman–Crippen LogP) is -1.98. The van der Waals surface area contributed by atoms with Gasteiger partial charge in [-0.2, -0.15) is 0 Å². The molecule has 9 nitrogen and oxygen atoms in total. The number of aliphatic hydroxyl groups is 3. The van der Waals surface area contributed by atoms with Crippen molar-refractivity contribution in [1.82, 2.24) is 19.5 Å². The van der Waals surface area contributed by atoms with Crippen molar-refractivity contribution < 1.29 is 20.1 Å². The summed E-state index contributed by atoms with van der Waals surface area (Å²) in [5, 5.41) is 24.1. The first kappa shape index (κ1) is 11.1. The number of rotatable bonds is 3. The first-order valence-corrected chi connectivity index (χ1v) is 5.66. The minimum absolute atomic E-state index is 0.154. The lowest BCUT2D eigenvalue weighted by Crippen LogP contribution is -2.33. The van der Waals surface area contributed by atoms with Gasteiger partial charge in [0, 0.05) is 0 Å². The van der Waals surface area contributed by atoms with E-state index in [9.17, 15) is 10.2 Å². The zero-order valence-electron chi connectivity index (χ0n) is 10.7. The number of nitrogens with zero attached hydrogens (tertiary/aromatic N) is 4.